The first kappa shape index (κ1) is 15.7. The molecule has 0 unspecified atom stereocenters. The first-order chi connectivity index (χ1) is 11.2. The number of nitrogens with one attached hydrogen (secondary N) is 1. The Morgan fingerprint density at radius 1 is 1.04 bits per heavy atom. The molecular formula is C18H15ClN2OS. The molecule has 0 saturated carbocycles. The van der Waals surface area contributed by atoms with E-state index >= 15 is 0 Å². The fraction of sp³-hybridized carbons (Fsp3) is 0.111. The molecule has 1 amide bonds. The summed E-state index contributed by atoms with van der Waals surface area (Å²) in [7, 11) is 0. The average molecular weight is 343 g/mol. The Morgan fingerprint density at radius 2 is 1.78 bits per heavy atom. The predicted octanol–water partition coefficient (Wildman–Crippen LogP) is 4.32. The molecule has 1 N–H and O–H groups in total. The van der Waals surface area contributed by atoms with Gasteiger partial charge in [0.25, 0.3) is 5.91 Å². The molecule has 116 valence electrons. The Hall–Kier alpha value is -2.17. The second-order valence-corrected chi connectivity index (χ2v) is 6.48. The maximum atomic E-state index is 12.2. The minimum atomic E-state index is -0.157. The van der Waals surface area contributed by atoms with E-state index < -0.39 is 0 Å². The number of aromatic nitrogens is 1. The second-order valence-electron chi connectivity index (χ2n) is 5.10. The van der Waals surface area contributed by atoms with Gasteiger partial charge in [0.15, 0.2) is 0 Å². The molecule has 5 heteroatoms. The highest BCUT2D eigenvalue weighted by Crippen LogP contribution is 2.15. The lowest BCUT2D eigenvalue weighted by Crippen LogP contribution is -2.23. The molecule has 0 atom stereocenters. The minimum absolute atomic E-state index is 0.157. The zero-order valence-corrected chi connectivity index (χ0v) is 13.9. The highest BCUT2D eigenvalue weighted by atomic mass is 35.5. The first-order valence-corrected chi connectivity index (χ1v) is 8.47. The monoisotopic (exact) mass is 342 g/mol. The molecule has 0 bridgehead atoms. The van der Waals surface area contributed by atoms with Crippen LogP contribution in [0.25, 0.3) is 0 Å². The summed E-state index contributed by atoms with van der Waals surface area (Å²) in [5.41, 5.74) is 2.66. The molecule has 23 heavy (non-hydrogen) atoms. The van der Waals surface area contributed by atoms with Crippen molar-refractivity contribution in [2.75, 3.05) is 0 Å². The number of halogens is 1. The molecule has 1 heterocycles. The number of carbonyl (C=O) groups is 1. The van der Waals surface area contributed by atoms with Crippen LogP contribution in [0, 0.1) is 0 Å². The molecular weight excluding hydrogens is 328 g/mol. The smallest absolute Gasteiger partial charge is 0.271 e. The second kappa shape index (κ2) is 7.40. The third kappa shape index (κ3) is 4.41. The summed E-state index contributed by atoms with van der Waals surface area (Å²) in [5.74, 6) is -0.157. The Balaban J connectivity index is 1.59. The van der Waals surface area contributed by atoms with Gasteiger partial charge in [-0.2, -0.15) is 0 Å². The van der Waals surface area contributed by atoms with Crippen LogP contribution >= 0.6 is 22.9 Å². The molecule has 0 fully saturated rings. The first-order valence-electron chi connectivity index (χ1n) is 7.22. The molecule has 0 aliphatic rings. The summed E-state index contributed by atoms with van der Waals surface area (Å²) < 4.78 is 0. The maximum absolute atomic E-state index is 12.2. The van der Waals surface area contributed by atoms with Gasteiger partial charge in [0.1, 0.15) is 5.69 Å². The van der Waals surface area contributed by atoms with Gasteiger partial charge in [-0.25, -0.2) is 4.98 Å². The zero-order valence-electron chi connectivity index (χ0n) is 12.3. The average Bonchev–Trinajstić information content (AvgIpc) is 3.03. The lowest BCUT2D eigenvalue weighted by molar-refractivity contribution is 0.0946. The molecule has 0 spiro atoms. The van der Waals surface area contributed by atoms with Gasteiger partial charge in [0.2, 0.25) is 0 Å². The number of rotatable bonds is 5. The van der Waals surface area contributed by atoms with E-state index in [-0.39, 0.29) is 5.91 Å². The van der Waals surface area contributed by atoms with Gasteiger partial charge in [-0.3, -0.25) is 4.79 Å². The van der Waals surface area contributed by atoms with Gasteiger partial charge in [0, 0.05) is 23.4 Å². The number of thiazole rings is 1. The number of carbonyl (C=O) groups excluding carboxylic acids is 1. The third-order valence-corrected chi connectivity index (χ3v) is 4.45. The van der Waals surface area contributed by atoms with Crippen LogP contribution in [0.4, 0.5) is 0 Å². The van der Waals surface area contributed by atoms with E-state index in [9.17, 15) is 4.79 Å². The predicted molar refractivity (Wildman–Crippen MR) is 94.0 cm³/mol. The fourth-order valence-electron chi connectivity index (χ4n) is 2.14. The maximum Gasteiger partial charge on any atom is 0.271 e. The Bertz CT molecular complexity index is 784. The Morgan fingerprint density at radius 3 is 2.52 bits per heavy atom. The van der Waals surface area contributed by atoms with Crippen molar-refractivity contribution in [3.63, 3.8) is 0 Å². The molecule has 1 aromatic heterocycles. The van der Waals surface area contributed by atoms with E-state index in [1.165, 1.54) is 16.9 Å². The minimum Gasteiger partial charge on any atom is -0.347 e. The van der Waals surface area contributed by atoms with Crippen molar-refractivity contribution < 1.29 is 4.79 Å². The van der Waals surface area contributed by atoms with Crippen LogP contribution in [0.3, 0.4) is 0 Å². The van der Waals surface area contributed by atoms with Crippen LogP contribution in [0.5, 0.6) is 0 Å². The van der Waals surface area contributed by atoms with Gasteiger partial charge in [0.05, 0.1) is 5.01 Å². The highest BCUT2D eigenvalue weighted by molar-refractivity contribution is 7.09. The van der Waals surface area contributed by atoms with Crippen LogP contribution in [0.1, 0.15) is 26.6 Å². The summed E-state index contributed by atoms with van der Waals surface area (Å²) in [5, 5.41) is 6.30. The number of hydrogen-bond acceptors (Lipinski definition) is 3. The van der Waals surface area contributed by atoms with Gasteiger partial charge >= 0.3 is 0 Å². The topological polar surface area (TPSA) is 42.0 Å². The number of hydrogen-bond donors (Lipinski definition) is 1. The van der Waals surface area contributed by atoms with Crippen LogP contribution in [0.15, 0.2) is 60.0 Å². The van der Waals surface area contributed by atoms with Crippen LogP contribution in [-0.4, -0.2) is 10.9 Å². The fourth-order valence-corrected chi connectivity index (χ4v) is 3.08. The molecule has 3 nitrogen and oxygen atoms in total. The number of benzene rings is 2. The van der Waals surface area contributed by atoms with Crippen LogP contribution in [-0.2, 0) is 13.0 Å². The number of nitrogens with zero attached hydrogens (tertiary/aromatic N) is 1. The van der Waals surface area contributed by atoms with Gasteiger partial charge in [-0.15, -0.1) is 11.3 Å². The summed E-state index contributed by atoms with van der Waals surface area (Å²) in [6, 6.07) is 17.5. The van der Waals surface area contributed by atoms with Crippen LogP contribution in [0.2, 0.25) is 5.02 Å². The van der Waals surface area contributed by atoms with Crippen LogP contribution < -0.4 is 5.32 Å². The van der Waals surface area contributed by atoms with E-state index in [4.69, 9.17) is 11.6 Å². The van der Waals surface area contributed by atoms with Crippen molar-refractivity contribution in [2.24, 2.45) is 0 Å². The van der Waals surface area contributed by atoms with Crippen molar-refractivity contribution in [1.29, 1.82) is 0 Å². The quantitative estimate of drug-likeness (QED) is 0.750. The largest absolute Gasteiger partial charge is 0.347 e. The van der Waals surface area contributed by atoms with Gasteiger partial charge in [-0.05, 0) is 23.3 Å². The normalized spacial score (nSPS) is 10.5. The molecule has 0 aliphatic carbocycles. The van der Waals surface area contributed by atoms with E-state index in [1.807, 2.05) is 42.5 Å². The lowest BCUT2D eigenvalue weighted by Gasteiger charge is -2.03. The Labute approximate surface area is 144 Å². The van der Waals surface area contributed by atoms with Crippen molar-refractivity contribution >= 4 is 28.8 Å². The van der Waals surface area contributed by atoms with Crippen molar-refractivity contribution in [3.8, 4) is 0 Å². The molecule has 0 radical (unpaired) electrons. The van der Waals surface area contributed by atoms with Crippen molar-refractivity contribution in [1.82, 2.24) is 10.3 Å². The third-order valence-electron chi connectivity index (χ3n) is 3.35. The summed E-state index contributed by atoms with van der Waals surface area (Å²) in [6.07, 6.45) is 0.746. The molecule has 0 aliphatic heterocycles. The Kier molecular flexibility index (Phi) is 5.05. The summed E-state index contributed by atoms with van der Waals surface area (Å²) in [4.78, 5) is 16.6. The van der Waals surface area contributed by atoms with E-state index in [0.29, 0.717) is 17.3 Å². The standard InChI is InChI=1S/C18H15ClN2OS/c19-15-8-6-14(7-9-15)11-20-18(22)16-12-23-17(21-16)10-13-4-2-1-3-5-13/h1-9,12H,10-11H2,(H,20,22). The highest BCUT2D eigenvalue weighted by Gasteiger charge is 2.10. The molecule has 3 rings (SSSR count). The molecule has 3 aromatic rings. The summed E-state index contributed by atoms with van der Waals surface area (Å²) in [6.45, 7) is 0.460. The van der Waals surface area contributed by atoms with E-state index in [0.717, 1.165) is 17.0 Å². The van der Waals surface area contributed by atoms with Crippen molar-refractivity contribution in [3.05, 3.63) is 86.8 Å². The lowest BCUT2D eigenvalue weighted by atomic mass is 10.2. The zero-order chi connectivity index (χ0) is 16.1. The number of amides is 1. The van der Waals surface area contributed by atoms with Gasteiger partial charge < -0.3 is 5.32 Å². The van der Waals surface area contributed by atoms with Gasteiger partial charge in [-0.1, -0.05) is 54.1 Å². The van der Waals surface area contributed by atoms with E-state index in [1.54, 1.807) is 5.38 Å². The molecule has 2 aromatic carbocycles. The molecule has 0 saturated heterocycles. The van der Waals surface area contributed by atoms with E-state index in [2.05, 4.69) is 22.4 Å². The summed E-state index contributed by atoms with van der Waals surface area (Å²) >= 11 is 7.35. The SMILES string of the molecule is O=C(NCc1ccc(Cl)cc1)c1csc(Cc2ccccc2)n1. The van der Waals surface area contributed by atoms with Crippen molar-refractivity contribution in [2.45, 2.75) is 13.0 Å².